The summed E-state index contributed by atoms with van der Waals surface area (Å²) >= 11 is 0. The summed E-state index contributed by atoms with van der Waals surface area (Å²) in [7, 11) is 0. The van der Waals surface area contributed by atoms with Crippen LogP contribution in [0.2, 0.25) is 0 Å². The Bertz CT molecular complexity index is 398. The lowest BCUT2D eigenvalue weighted by Crippen LogP contribution is -2.36. The van der Waals surface area contributed by atoms with Crippen molar-refractivity contribution in [1.82, 2.24) is 5.32 Å². The van der Waals surface area contributed by atoms with Gasteiger partial charge in [-0.1, -0.05) is 6.42 Å². The van der Waals surface area contributed by atoms with Crippen molar-refractivity contribution >= 4 is 5.91 Å². The number of nitrogens with one attached hydrogen (secondary N) is 1. The highest BCUT2D eigenvalue weighted by Crippen LogP contribution is 2.26. The minimum Gasteiger partial charge on any atom is -0.494 e. The molecule has 0 heterocycles. The van der Waals surface area contributed by atoms with Gasteiger partial charge in [0.25, 0.3) is 0 Å². The van der Waals surface area contributed by atoms with Crippen LogP contribution in [0.1, 0.15) is 26.2 Å². The van der Waals surface area contributed by atoms with E-state index >= 15 is 0 Å². The second kappa shape index (κ2) is 7.02. The summed E-state index contributed by atoms with van der Waals surface area (Å²) in [5.74, 6) is 2.04. The molecule has 0 atom stereocenters. The Morgan fingerprint density at radius 2 is 1.84 bits per heavy atom. The van der Waals surface area contributed by atoms with E-state index in [1.165, 1.54) is 6.42 Å². The number of benzene rings is 1. The molecule has 1 aromatic rings. The second-order valence-electron chi connectivity index (χ2n) is 4.67. The van der Waals surface area contributed by atoms with Crippen LogP contribution in [0.5, 0.6) is 11.5 Å². The van der Waals surface area contributed by atoms with Crippen LogP contribution in [0.4, 0.5) is 0 Å². The molecule has 1 fully saturated rings. The van der Waals surface area contributed by atoms with Crippen LogP contribution in [0, 0.1) is 5.92 Å². The zero-order valence-corrected chi connectivity index (χ0v) is 11.4. The van der Waals surface area contributed by atoms with E-state index in [1.54, 1.807) is 0 Å². The Labute approximate surface area is 114 Å². The van der Waals surface area contributed by atoms with Crippen molar-refractivity contribution in [2.75, 3.05) is 19.8 Å². The van der Waals surface area contributed by atoms with Gasteiger partial charge in [0.15, 0.2) is 0 Å². The number of hydrogen-bond acceptors (Lipinski definition) is 3. The van der Waals surface area contributed by atoms with Crippen LogP contribution in [0.25, 0.3) is 0 Å². The van der Waals surface area contributed by atoms with Crippen molar-refractivity contribution in [2.45, 2.75) is 26.2 Å². The molecule has 1 aliphatic carbocycles. The monoisotopic (exact) mass is 263 g/mol. The molecule has 2 rings (SSSR count). The first-order chi connectivity index (χ1) is 9.29. The molecule has 0 radical (unpaired) electrons. The van der Waals surface area contributed by atoms with E-state index in [1.807, 2.05) is 31.2 Å². The predicted octanol–water partition coefficient (Wildman–Crippen LogP) is 2.38. The summed E-state index contributed by atoms with van der Waals surface area (Å²) in [6.45, 7) is 3.66. The molecule has 1 aromatic carbocycles. The van der Waals surface area contributed by atoms with Gasteiger partial charge < -0.3 is 14.8 Å². The highest BCUT2D eigenvalue weighted by molar-refractivity contribution is 5.79. The van der Waals surface area contributed by atoms with Crippen LogP contribution in [-0.4, -0.2) is 25.7 Å². The molecule has 0 aromatic heterocycles. The van der Waals surface area contributed by atoms with Crippen molar-refractivity contribution in [3.63, 3.8) is 0 Å². The lowest BCUT2D eigenvalue weighted by molar-refractivity contribution is -0.127. The van der Waals surface area contributed by atoms with Gasteiger partial charge in [0.05, 0.1) is 13.2 Å². The highest BCUT2D eigenvalue weighted by Gasteiger charge is 2.24. The number of hydrogen-bond donors (Lipinski definition) is 1. The van der Waals surface area contributed by atoms with Gasteiger partial charge in [-0.25, -0.2) is 0 Å². The molecule has 1 N–H and O–H groups in total. The molecule has 4 heteroatoms. The normalized spacial score (nSPS) is 14.6. The van der Waals surface area contributed by atoms with Gasteiger partial charge in [-0.2, -0.15) is 0 Å². The average molecular weight is 263 g/mol. The minimum absolute atomic E-state index is 0.168. The van der Waals surface area contributed by atoms with E-state index in [2.05, 4.69) is 5.32 Å². The summed E-state index contributed by atoms with van der Waals surface area (Å²) in [4.78, 5) is 11.6. The van der Waals surface area contributed by atoms with E-state index < -0.39 is 0 Å². The first kappa shape index (κ1) is 13.7. The van der Waals surface area contributed by atoms with Crippen molar-refractivity contribution in [1.29, 1.82) is 0 Å². The van der Waals surface area contributed by atoms with E-state index in [4.69, 9.17) is 9.47 Å². The van der Waals surface area contributed by atoms with Crippen molar-refractivity contribution < 1.29 is 14.3 Å². The number of carbonyl (C=O) groups is 1. The number of ether oxygens (including phenoxy) is 2. The van der Waals surface area contributed by atoms with Gasteiger partial charge in [-0.15, -0.1) is 0 Å². The third-order valence-corrected chi connectivity index (χ3v) is 3.28. The van der Waals surface area contributed by atoms with E-state index in [9.17, 15) is 4.79 Å². The average Bonchev–Trinajstić information content (AvgIpc) is 2.35. The molecule has 0 spiro atoms. The van der Waals surface area contributed by atoms with Crippen LogP contribution in [0.3, 0.4) is 0 Å². The van der Waals surface area contributed by atoms with E-state index in [0.29, 0.717) is 19.8 Å². The Morgan fingerprint density at radius 3 is 2.37 bits per heavy atom. The number of carbonyl (C=O) groups excluding carboxylic acids is 1. The molecule has 104 valence electrons. The third-order valence-electron chi connectivity index (χ3n) is 3.28. The fourth-order valence-electron chi connectivity index (χ4n) is 1.96. The Morgan fingerprint density at radius 1 is 1.21 bits per heavy atom. The molecule has 1 aliphatic rings. The molecule has 0 saturated heterocycles. The smallest absolute Gasteiger partial charge is 0.223 e. The van der Waals surface area contributed by atoms with Crippen molar-refractivity contribution in [2.24, 2.45) is 5.92 Å². The van der Waals surface area contributed by atoms with Crippen LogP contribution in [-0.2, 0) is 4.79 Å². The summed E-state index contributed by atoms with van der Waals surface area (Å²) < 4.78 is 10.9. The van der Waals surface area contributed by atoms with Crippen LogP contribution in [0.15, 0.2) is 24.3 Å². The SMILES string of the molecule is CCOc1ccc(OCCNC(=O)C2CCC2)cc1. The first-order valence-corrected chi connectivity index (χ1v) is 6.93. The van der Waals surface area contributed by atoms with Gasteiger partial charge in [0.2, 0.25) is 5.91 Å². The zero-order chi connectivity index (χ0) is 13.5. The molecular weight excluding hydrogens is 242 g/mol. The van der Waals surface area contributed by atoms with Crippen molar-refractivity contribution in [3.05, 3.63) is 24.3 Å². The van der Waals surface area contributed by atoms with Gasteiger partial charge in [-0.05, 0) is 44.0 Å². The van der Waals surface area contributed by atoms with Gasteiger partial charge in [-0.3, -0.25) is 4.79 Å². The lowest BCUT2D eigenvalue weighted by atomic mass is 9.85. The third kappa shape index (κ3) is 4.16. The van der Waals surface area contributed by atoms with E-state index in [-0.39, 0.29) is 11.8 Å². The molecule has 4 nitrogen and oxygen atoms in total. The molecule has 1 amide bonds. The maximum Gasteiger partial charge on any atom is 0.223 e. The topological polar surface area (TPSA) is 47.6 Å². The molecule has 19 heavy (non-hydrogen) atoms. The molecule has 0 unspecified atom stereocenters. The summed E-state index contributed by atoms with van der Waals surface area (Å²) in [5, 5.41) is 2.90. The Balaban J connectivity index is 1.63. The zero-order valence-electron chi connectivity index (χ0n) is 11.4. The summed E-state index contributed by atoms with van der Waals surface area (Å²) in [5.41, 5.74) is 0. The quantitative estimate of drug-likeness (QED) is 0.768. The maximum atomic E-state index is 11.6. The molecule has 0 aliphatic heterocycles. The van der Waals surface area contributed by atoms with Gasteiger partial charge in [0, 0.05) is 5.92 Å². The Hall–Kier alpha value is -1.71. The minimum atomic E-state index is 0.168. The largest absolute Gasteiger partial charge is 0.494 e. The standard InChI is InChI=1S/C15H21NO3/c1-2-18-13-6-8-14(9-7-13)19-11-10-16-15(17)12-4-3-5-12/h6-9,12H,2-5,10-11H2,1H3,(H,16,17). The van der Waals surface area contributed by atoms with E-state index in [0.717, 1.165) is 24.3 Å². The summed E-state index contributed by atoms with van der Waals surface area (Å²) in [6.07, 6.45) is 3.25. The molecular formula is C15H21NO3. The Kier molecular flexibility index (Phi) is 5.07. The fraction of sp³-hybridized carbons (Fsp3) is 0.533. The fourth-order valence-corrected chi connectivity index (χ4v) is 1.96. The van der Waals surface area contributed by atoms with Crippen molar-refractivity contribution in [3.8, 4) is 11.5 Å². The highest BCUT2D eigenvalue weighted by atomic mass is 16.5. The molecule has 1 saturated carbocycles. The van der Waals surface area contributed by atoms with Crippen LogP contribution < -0.4 is 14.8 Å². The summed E-state index contributed by atoms with van der Waals surface area (Å²) in [6, 6.07) is 7.51. The predicted molar refractivity (Wildman–Crippen MR) is 73.5 cm³/mol. The number of amides is 1. The number of rotatable bonds is 7. The molecule has 0 bridgehead atoms. The second-order valence-corrected chi connectivity index (χ2v) is 4.67. The first-order valence-electron chi connectivity index (χ1n) is 6.93. The van der Waals surface area contributed by atoms with Crippen LogP contribution >= 0.6 is 0 Å². The lowest BCUT2D eigenvalue weighted by Gasteiger charge is -2.23. The van der Waals surface area contributed by atoms with Gasteiger partial charge in [0.1, 0.15) is 18.1 Å². The van der Waals surface area contributed by atoms with Gasteiger partial charge >= 0.3 is 0 Å². The maximum absolute atomic E-state index is 11.6.